The maximum atomic E-state index is 12.5. The van der Waals surface area contributed by atoms with Crippen molar-refractivity contribution in [2.75, 3.05) is 0 Å². The molecule has 1 heterocycles. The van der Waals surface area contributed by atoms with Crippen molar-refractivity contribution >= 4 is 23.2 Å². The summed E-state index contributed by atoms with van der Waals surface area (Å²) in [4.78, 5) is 11.7. The fourth-order valence-corrected chi connectivity index (χ4v) is 1.66. The van der Waals surface area contributed by atoms with Crippen LogP contribution in [0, 0.1) is 0 Å². The lowest BCUT2D eigenvalue weighted by Crippen LogP contribution is -2.47. The molecule has 3 N–H and O–H groups in total. The molecule has 1 amide bonds. The number of nitrogens with zero attached hydrogens (tertiary/aromatic N) is 2. The number of hydrogen-bond acceptors (Lipinski definition) is 3. The molecular weight excluding hydrogens is 295 g/mol. The van der Waals surface area contributed by atoms with Crippen molar-refractivity contribution in [3.8, 4) is 0 Å². The quantitative estimate of drug-likeness (QED) is 0.554. The van der Waals surface area contributed by atoms with E-state index in [1.165, 1.54) is 7.05 Å². The van der Waals surface area contributed by atoms with Gasteiger partial charge in [0, 0.05) is 19.2 Å². The van der Waals surface area contributed by atoms with E-state index in [1.54, 1.807) is 0 Å². The Morgan fingerprint density at radius 2 is 2.10 bits per heavy atom. The Kier molecular flexibility index (Phi) is 3.84. The highest BCUT2D eigenvalue weighted by molar-refractivity contribution is 7.80. The van der Waals surface area contributed by atoms with Crippen LogP contribution in [-0.2, 0) is 13.2 Å². The van der Waals surface area contributed by atoms with E-state index in [-0.39, 0.29) is 10.8 Å². The lowest BCUT2D eigenvalue weighted by molar-refractivity contribution is -0.141. The van der Waals surface area contributed by atoms with Crippen molar-refractivity contribution in [2.45, 2.75) is 25.1 Å². The highest BCUT2D eigenvalue weighted by Crippen LogP contribution is 2.28. The standard InChI is InChI=1S/C10H12F3N5OS/c1-18-6(4-7(17-18)10(11,12)13)8(19)15-16-9(20)14-5-2-3-5/h4-5H,2-3H2,1H3,(H,15,19)(H2,14,16,20). The number of amides is 1. The number of carbonyl (C=O) groups is 1. The number of halogens is 3. The molecule has 0 unspecified atom stereocenters. The SMILES string of the molecule is Cn1nc(C(F)(F)F)cc1C(=O)NNC(=S)NC1CC1. The Morgan fingerprint density at radius 1 is 1.45 bits per heavy atom. The van der Waals surface area contributed by atoms with Crippen LogP contribution in [0.4, 0.5) is 13.2 Å². The van der Waals surface area contributed by atoms with Gasteiger partial charge in [0.25, 0.3) is 5.91 Å². The Hall–Kier alpha value is -1.84. The van der Waals surface area contributed by atoms with Gasteiger partial charge in [0.05, 0.1) is 0 Å². The van der Waals surface area contributed by atoms with E-state index in [0.29, 0.717) is 12.1 Å². The van der Waals surface area contributed by atoms with Crippen molar-refractivity contribution in [1.82, 2.24) is 25.9 Å². The summed E-state index contributed by atoms with van der Waals surface area (Å²) in [5.41, 5.74) is 3.30. The highest BCUT2D eigenvalue weighted by atomic mass is 32.1. The highest BCUT2D eigenvalue weighted by Gasteiger charge is 2.35. The predicted octanol–water partition coefficient (Wildman–Crippen LogP) is 0.710. The van der Waals surface area contributed by atoms with Crippen LogP contribution in [0.5, 0.6) is 0 Å². The minimum absolute atomic E-state index is 0.221. The fourth-order valence-electron chi connectivity index (χ4n) is 1.45. The molecule has 0 aliphatic heterocycles. The summed E-state index contributed by atoms with van der Waals surface area (Å²) in [7, 11) is 1.25. The largest absolute Gasteiger partial charge is 0.435 e. The zero-order valence-electron chi connectivity index (χ0n) is 10.4. The summed E-state index contributed by atoms with van der Waals surface area (Å²) in [5.74, 6) is -0.754. The molecule has 1 aliphatic rings. The minimum atomic E-state index is -4.59. The third-order valence-corrected chi connectivity index (χ3v) is 2.82. The van der Waals surface area contributed by atoms with E-state index >= 15 is 0 Å². The number of carbonyl (C=O) groups excluding carboxylic acids is 1. The first-order valence-electron chi connectivity index (χ1n) is 5.75. The molecule has 0 bridgehead atoms. The van der Waals surface area contributed by atoms with Crippen molar-refractivity contribution < 1.29 is 18.0 Å². The molecule has 2 rings (SSSR count). The van der Waals surface area contributed by atoms with E-state index in [9.17, 15) is 18.0 Å². The van der Waals surface area contributed by atoms with Gasteiger partial charge in [-0.25, -0.2) is 0 Å². The summed E-state index contributed by atoms with van der Waals surface area (Å²) < 4.78 is 38.2. The molecule has 1 aromatic rings. The maximum absolute atomic E-state index is 12.5. The topological polar surface area (TPSA) is 71.0 Å². The maximum Gasteiger partial charge on any atom is 0.435 e. The molecule has 0 atom stereocenters. The van der Waals surface area contributed by atoms with Crippen LogP contribution in [0.15, 0.2) is 6.07 Å². The van der Waals surface area contributed by atoms with Crippen LogP contribution in [0.1, 0.15) is 29.0 Å². The van der Waals surface area contributed by atoms with Gasteiger partial charge in [-0.2, -0.15) is 18.3 Å². The van der Waals surface area contributed by atoms with Gasteiger partial charge >= 0.3 is 6.18 Å². The van der Waals surface area contributed by atoms with E-state index in [1.807, 2.05) is 0 Å². The number of hydrogen-bond donors (Lipinski definition) is 3. The summed E-state index contributed by atoms with van der Waals surface area (Å²) in [6.07, 6.45) is -2.58. The van der Waals surface area contributed by atoms with Gasteiger partial charge in [0.1, 0.15) is 5.69 Å². The molecule has 110 valence electrons. The van der Waals surface area contributed by atoms with Crippen LogP contribution >= 0.6 is 12.2 Å². The molecule has 0 radical (unpaired) electrons. The van der Waals surface area contributed by atoms with Crippen molar-refractivity contribution in [1.29, 1.82) is 0 Å². The Bertz CT molecular complexity index is 537. The zero-order valence-corrected chi connectivity index (χ0v) is 11.2. The average molecular weight is 307 g/mol. The van der Waals surface area contributed by atoms with E-state index in [0.717, 1.165) is 17.5 Å². The third kappa shape index (κ3) is 3.59. The summed E-state index contributed by atoms with van der Waals surface area (Å²) >= 11 is 4.90. The first-order valence-corrected chi connectivity index (χ1v) is 6.16. The second kappa shape index (κ2) is 5.27. The van der Waals surface area contributed by atoms with Gasteiger partial charge in [-0.15, -0.1) is 0 Å². The Morgan fingerprint density at radius 3 is 2.60 bits per heavy atom. The summed E-state index contributed by atoms with van der Waals surface area (Å²) in [6, 6.07) is 0.981. The fraction of sp³-hybridized carbons (Fsp3) is 0.500. The first-order chi connectivity index (χ1) is 9.27. The van der Waals surface area contributed by atoms with Gasteiger partial charge in [-0.3, -0.25) is 20.3 Å². The monoisotopic (exact) mass is 307 g/mol. The van der Waals surface area contributed by atoms with Gasteiger partial charge in [0.15, 0.2) is 10.8 Å². The number of aromatic nitrogens is 2. The predicted molar refractivity (Wildman–Crippen MR) is 67.6 cm³/mol. The van der Waals surface area contributed by atoms with Crippen molar-refractivity contribution in [3.05, 3.63) is 17.5 Å². The van der Waals surface area contributed by atoms with Crippen LogP contribution < -0.4 is 16.2 Å². The number of alkyl halides is 3. The summed E-state index contributed by atoms with van der Waals surface area (Å²) in [5, 5.41) is 6.37. The Balaban J connectivity index is 1.94. The lowest BCUT2D eigenvalue weighted by atomic mass is 10.3. The second-order valence-electron chi connectivity index (χ2n) is 4.36. The molecule has 1 fully saturated rings. The van der Waals surface area contributed by atoms with Crippen LogP contribution in [0.2, 0.25) is 0 Å². The zero-order chi connectivity index (χ0) is 14.9. The van der Waals surface area contributed by atoms with Crippen LogP contribution in [0.3, 0.4) is 0 Å². The van der Waals surface area contributed by atoms with E-state index in [2.05, 4.69) is 21.3 Å². The molecule has 1 saturated carbocycles. The van der Waals surface area contributed by atoms with Gasteiger partial charge in [0.2, 0.25) is 0 Å². The molecule has 20 heavy (non-hydrogen) atoms. The minimum Gasteiger partial charge on any atom is -0.359 e. The number of nitrogens with one attached hydrogen (secondary N) is 3. The van der Waals surface area contributed by atoms with Crippen LogP contribution in [-0.4, -0.2) is 26.8 Å². The molecule has 6 nitrogen and oxygen atoms in total. The molecular formula is C10H12F3N5OS. The van der Waals surface area contributed by atoms with E-state index in [4.69, 9.17) is 12.2 Å². The number of thiocarbonyl (C=S) groups is 1. The van der Waals surface area contributed by atoms with Gasteiger partial charge in [-0.05, 0) is 25.1 Å². The normalized spacial score (nSPS) is 14.8. The number of hydrazine groups is 1. The molecule has 1 aromatic heterocycles. The van der Waals surface area contributed by atoms with Crippen molar-refractivity contribution in [2.24, 2.45) is 7.05 Å². The van der Waals surface area contributed by atoms with Crippen LogP contribution in [0.25, 0.3) is 0 Å². The molecule has 0 aromatic carbocycles. The molecule has 0 spiro atoms. The molecule has 0 saturated heterocycles. The molecule has 10 heteroatoms. The second-order valence-corrected chi connectivity index (χ2v) is 4.77. The third-order valence-electron chi connectivity index (χ3n) is 2.61. The Labute approximate surface area is 117 Å². The van der Waals surface area contributed by atoms with Crippen molar-refractivity contribution in [3.63, 3.8) is 0 Å². The van der Waals surface area contributed by atoms with E-state index < -0.39 is 17.8 Å². The van der Waals surface area contributed by atoms with Gasteiger partial charge in [-0.1, -0.05) is 0 Å². The smallest absolute Gasteiger partial charge is 0.359 e. The number of aryl methyl sites for hydroxylation is 1. The average Bonchev–Trinajstić information content (AvgIpc) is 3.05. The number of rotatable bonds is 2. The summed E-state index contributed by atoms with van der Waals surface area (Å²) in [6.45, 7) is 0. The van der Waals surface area contributed by atoms with Gasteiger partial charge < -0.3 is 5.32 Å². The lowest BCUT2D eigenvalue weighted by Gasteiger charge is -2.10. The first kappa shape index (κ1) is 14.6. The molecule has 1 aliphatic carbocycles.